The maximum absolute atomic E-state index is 14.5. The highest BCUT2D eigenvalue weighted by Crippen LogP contribution is 2.45. The van der Waals surface area contributed by atoms with Crippen LogP contribution in [0.15, 0.2) is 121 Å². The number of nitrogens with zero attached hydrogens (tertiary/aromatic N) is 2. The highest BCUT2D eigenvalue weighted by atomic mass is 16.5. The van der Waals surface area contributed by atoms with Crippen LogP contribution in [0.2, 0.25) is 0 Å². The van der Waals surface area contributed by atoms with Crippen molar-refractivity contribution in [2.75, 3.05) is 19.1 Å². The van der Waals surface area contributed by atoms with Crippen LogP contribution in [0.1, 0.15) is 40.4 Å². The molecule has 0 bridgehead atoms. The second kappa shape index (κ2) is 11.3. The van der Waals surface area contributed by atoms with E-state index in [0.717, 1.165) is 30.5 Å². The molecule has 2 unspecified atom stereocenters. The van der Waals surface area contributed by atoms with Crippen LogP contribution < -0.4 is 14.4 Å². The van der Waals surface area contributed by atoms with Crippen LogP contribution in [0.5, 0.6) is 11.5 Å². The first-order valence-corrected chi connectivity index (χ1v) is 14.8. The summed E-state index contributed by atoms with van der Waals surface area (Å²) in [7, 11) is 3.20. The average molecular weight is 567 g/mol. The summed E-state index contributed by atoms with van der Waals surface area (Å²) in [6.07, 6.45) is 2.51. The molecule has 5 heteroatoms. The molecule has 5 aromatic carbocycles. The maximum Gasteiger partial charge on any atom is 0.258 e. The zero-order valence-electron chi connectivity index (χ0n) is 24.4. The van der Waals surface area contributed by atoms with E-state index in [1.54, 1.807) is 20.3 Å². The average Bonchev–Trinajstić information content (AvgIpc) is 3.41. The number of fused-ring (bicyclic) bond motifs is 4. The van der Waals surface area contributed by atoms with Crippen LogP contribution in [-0.2, 0) is 6.42 Å². The number of hydrogen-bond acceptors (Lipinski definition) is 3. The molecule has 43 heavy (non-hydrogen) atoms. The van der Waals surface area contributed by atoms with Gasteiger partial charge in [-0.05, 0) is 66.8 Å². The van der Waals surface area contributed by atoms with Crippen molar-refractivity contribution in [1.82, 2.24) is 4.57 Å². The van der Waals surface area contributed by atoms with Crippen molar-refractivity contribution in [3.63, 3.8) is 0 Å². The molecule has 0 spiro atoms. The number of carbonyl (C=O) groups excluding carboxylic acids is 1. The molecule has 0 fully saturated rings. The van der Waals surface area contributed by atoms with Crippen molar-refractivity contribution in [2.45, 2.75) is 31.3 Å². The molecule has 1 aromatic heterocycles. The predicted molar refractivity (Wildman–Crippen MR) is 174 cm³/mol. The molecule has 0 N–H and O–H groups in total. The number of ether oxygens (including phenoxy) is 2. The van der Waals surface area contributed by atoms with Gasteiger partial charge in [0.1, 0.15) is 0 Å². The molecule has 1 aliphatic heterocycles. The fourth-order valence-electron chi connectivity index (χ4n) is 6.82. The van der Waals surface area contributed by atoms with Crippen LogP contribution in [0, 0.1) is 0 Å². The van der Waals surface area contributed by atoms with Gasteiger partial charge >= 0.3 is 0 Å². The van der Waals surface area contributed by atoms with Gasteiger partial charge in [-0.1, -0.05) is 84.9 Å². The van der Waals surface area contributed by atoms with Gasteiger partial charge in [0.05, 0.1) is 20.3 Å². The topological polar surface area (TPSA) is 43.7 Å². The Morgan fingerprint density at radius 2 is 1.35 bits per heavy atom. The summed E-state index contributed by atoms with van der Waals surface area (Å²) in [5, 5.41) is 2.50. The molecule has 1 aliphatic rings. The molecule has 0 saturated heterocycles. The number of amides is 1. The van der Waals surface area contributed by atoms with Gasteiger partial charge < -0.3 is 18.9 Å². The van der Waals surface area contributed by atoms with Crippen molar-refractivity contribution in [2.24, 2.45) is 0 Å². The Morgan fingerprint density at radius 1 is 0.721 bits per heavy atom. The van der Waals surface area contributed by atoms with Gasteiger partial charge in [-0.2, -0.15) is 0 Å². The normalized spacial score (nSPS) is 16.3. The number of anilines is 1. The van der Waals surface area contributed by atoms with Gasteiger partial charge in [-0.15, -0.1) is 0 Å². The lowest BCUT2D eigenvalue weighted by Gasteiger charge is -2.42. The van der Waals surface area contributed by atoms with Gasteiger partial charge in [0.2, 0.25) is 0 Å². The van der Waals surface area contributed by atoms with E-state index >= 15 is 0 Å². The standard InChI is InChI=1S/C38H34N2O3/c1-42-36-23-21-27(24-37(36)43-2)38(41)39-28(22-20-26-12-4-3-5-13-26)25-35(31-16-8-11-19-34(31)39)40-32-17-9-6-14-29(32)30-15-7-10-18-33(30)40/h3-19,21,23-24,28,35H,20,22,25H2,1-2H3. The smallest absolute Gasteiger partial charge is 0.258 e. The lowest BCUT2D eigenvalue weighted by molar-refractivity contribution is 0.0968. The van der Waals surface area contributed by atoms with Crippen LogP contribution >= 0.6 is 0 Å². The van der Waals surface area contributed by atoms with Crippen molar-refractivity contribution < 1.29 is 14.3 Å². The summed E-state index contributed by atoms with van der Waals surface area (Å²) in [6, 6.07) is 41.7. The molecular weight excluding hydrogens is 532 g/mol. The summed E-state index contributed by atoms with van der Waals surface area (Å²) in [4.78, 5) is 16.5. The van der Waals surface area contributed by atoms with E-state index in [0.29, 0.717) is 17.1 Å². The van der Waals surface area contributed by atoms with Crippen molar-refractivity contribution in [3.8, 4) is 11.5 Å². The minimum atomic E-state index is -0.0351. The zero-order valence-corrected chi connectivity index (χ0v) is 24.4. The molecular formula is C38H34N2O3. The summed E-state index contributed by atoms with van der Waals surface area (Å²) in [5.41, 5.74) is 6.38. The molecule has 214 valence electrons. The fraction of sp³-hybridized carbons (Fsp3) is 0.184. The van der Waals surface area contributed by atoms with Crippen molar-refractivity contribution in [1.29, 1.82) is 0 Å². The van der Waals surface area contributed by atoms with E-state index in [4.69, 9.17) is 9.47 Å². The van der Waals surface area contributed by atoms with Crippen molar-refractivity contribution >= 4 is 33.4 Å². The monoisotopic (exact) mass is 566 g/mol. The number of carbonyl (C=O) groups is 1. The molecule has 7 rings (SSSR count). The third-order valence-electron chi connectivity index (χ3n) is 8.80. The molecule has 0 radical (unpaired) electrons. The first-order valence-electron chi connectivity index (χ1n) is 14.8. The fourth-order valence-corrected chi connectivity index (χ4v) is 6.82. The van der Waals surface area contributed by atoms with Crippen LogP contribution in [0.4, 0.5) is 5.69 Å². The third kappa shape index (κ3) is 4.71. The molecule has 0 saturated carbocycles. The summed E-state index contributed by atoms with van der Waals surface area (Å²) >= 11 is 0. The summed E-state index contributed by atoms with van der Waals surface area (Å²) in [5.74, 6) is 1.11. The first kappa shape index (κ1) is 26.8. The molecule has 2 heterocycles. The third-order valence-corrected chi connectivity index (χ3v) is 8.80. The first-order chi connectivity index (χ1) is 21.2. The second-order valence-corrected chi connectivity index (χ2v) is 11.1. The Morgan fingerprint density at radius 3 is 2.05 bits per heavy atom. The molecule has 0 aliphatic carbocycles. The largest absolute Gasteiger partial charge is 0.493 e. The highest BCUT2D eigenvalue weighted by molar-refractivity contribution is 6.09. The van der Waals surface area contributed by atoms with E-state index in [1.165, 1.54) is 27.4 Å². The van der Waals surface area contributed by atoms with E-state index < -0.39 is 0 Å². The predicted octanol–water partition coefficient (Wildman–Crippen LogP) is 8.45. The molecule has 6 aromatic rings. The van der Waals surface area contributed by atoms with Gasteiger partial charge in [0.15, 0.2) is 11.5 Å². The summed E-state index contributed by atoms with van der Waals surface area (Å²) in [6.45, 7) is 0. The van der Waals surface area contributed by atoms with Gasteiger partial charge in [0.25, 0.3) is 5.91 Å². The van der Waals surface area contributed by atoms with Gasteiger partial charge in [0, 0.05) is 39.1 Å². The zero-order chi connectivity index (χ0) is 29.3. The second-order valence-electron chi connectivity index (χ2n) is 11.1. The summed E-state index contributed by atoms with van der Waals surface area (Å²) < 4.78 is 13.5. The Labute approximate surface area is 251 Å². The lowest BCUT2D eigenvalue weighted by atomic mass is 9.87. The highest BCUT2D eigenvalue weighted by Gasteiger charge is 2.38. The molecule has 1 amide bonds. The quantitative estimate of drug-likeness (QED) is 0.195. The Bertz CT molecular complexity index is 1870. The minimum Gasteiger partial charge on any atom is -0.493 e. The number of benzene rings is 5. The van der Waals surface area contributed by atoms with Crippen LogP contribution in [0.25, 0.3) is 21.8 Å². The van der Waals surface area contributed by atoms with E-state index in [9.17, 15) is 4.79 Å². The maximum atomic E-state index is 14.5. The Hall–Kier alpha value is -5.03. The number of rotatable bonds is 7. The Balaban J connectivity index is 1.38. The van der Waals surface area contributed by atoms with E-state index in [1.807, 2.05) is 29.2 Å². The lowest BCUT2D eigenvalue weighted by Crippen LogP contribution is -2.46. The van der Waals surface area contributed by atoms with Gasteiger partial charge in [-0.3, -0.25) is 4.79 Å². The molecule has 2 atom stereocenters. The number of para-hydroxylation sites is 3. The van der Waals surface area contributed by atoms with Crippen LogP contribution in [0.3, 0.4) is 0 Å². The Kier molecular flexibility index (Phi) is 7.07. The minimum absolute atomic E-state index is 0.0272. The molecule has 5 nitrogen and oxygen atoms in total. The number of hydrogen-bond donors (Lipinski definition) is 0. The van der Waals surface area contributed by atoms with Crippen LogP contribution in [-0.4, -0.2) is 30.7 Å². The van der Waals surface area contributed by atoms with Crippen molar-refractivity contribution in [3.05, 3.63) is 138 Å². The number of aromatic nitrogens is 1. The van der Waals surface area contributed by atoms with Gasteiger partial charge in [-0.25, -0.2) is 0 Å². The van der Waals surface area contributed by atoms with E-state index in [-0.39, 0.29) is 18.0 Å². The number of methoxy groups -OCH3 is 2. The van der Waals surface area contributed by atoms with E-state index in [2.05, 4.69) is 95.6 Å². The SMILES string of the molecule is COc1ccc(C(=O)N2c3ccccc3C(n3c4ccccc4c4ccccc43)CC2CCc2ccccc2)cc1OC. The number of aryl methyl sites for hydroxylation is 1.